The van der Waals surface area contributed by atoms with Crippen LogP contribution in [0.25, 0.3) is 0 Å². The Morgan fingerprint density at radius 1 is 1.38 bits per heavy atom. The molecule has 0 heterocycles. The maximum Gasteiger partial charge on any atom is 0.303 e. The van der Waals surface area contributed by atoms with Gasteiger partial charge in [-0.15, -0.1) is 0 Å². The van der Waals surface area contributed by atoms with Crippen LogP contribution in [0.5, 0.6) is 11.5 Å². The van der Waals surface area contributed by atoms with Crippen LogP contribution in [0.1, 0.15) is 36.9 Å². The Labute approximate surface area is 121 Å². The van der Waals surface area contributed by atoms with Gasteiger partial charge in [-0.25, -0.2) is 8.78 Å². The first-order valence-electron chi connectivity index (χ1n) is 6.32. The smallest absolute Gasteiger partial charge is 0.303 e. The van der Waals surface area contributed by atoms with Crippen molar-refractivity contribution >= 4 is 5.97 Å². The molecule has 1 rings (SSSR count). The summed E-state index contributed by atoms with van der Waals surface area (Å²) in [4.78, 5) is 10.6. The third-order valence-corrected chi connectivity index (χ3v) is 3.07. The van der Waals surface area contributed by atoms with E-state index in [-0.39, 0.29) is 29.9 Å². The molecule has 0 saturated heterocycles. The van der Waals surface area contributed by atoms with E-state index in [0.29, 0.717) is 5.56 Å². The van der Waals surface area contributed by atoms with E-state index in [1.165, 1.54) is 26.4 Å². The molecule has 0 aromatic heterocycles. The SMILES string of the molecule is COc1cc(C(N)CCC(=O)O)cc(C(C)(F)F)c1OC. The van der Waals surface area contributed by atoms with Gasteiger partial charge < -0.3 is 20.3 Å². The summed E-state index contributed by atoms with van der Waals surface area (Å²) < 4.78 is 37.5. The number of halogens is 2. The highest BCUT2D eigenvalue weighted by Gasteiger charge is 2.31. The minimum absolute atomic E-state index is 0.0563. The molecule has 5 nitrogen and oxygen atoms in total. The van der Waals surface area contributed by atoms with Crippen molar-refractivity contribution in [3.05, 3.63) is 23.3 Å². The zero-order valence-electron chi connectivity index (χ0n) is 12.2. The summed E-state index contributed by atoms with van der Waals surface area (Å²) in [5.41, 5.74) is 5.90. The molecule has 0 aliphatic carbocycles. The van der Waals surface area contributed by atoms with Crippen LogP contribution in [0.15, 0.2) is 12.1 Å². The molecule has 1 atom stereocenters. The van der Waals surface area contributed by atoms with Gasteiger partial charge >= 0.3 is 5.97 Å². The largest absolute Gasteiger partial charge is 0.493 e. The number of nitrogens with two attached hydrogens (primary N) is 1. The van der Waals surface area contributed by atoms with Crippen molar-refractivity contribution < 1.29 is 28.2 Å². The quantitative estimate of drug-likeness (QED) is 0.809. The molecule has 118 valence electrons. The molecule has 3 N–H and O–H groups in total. The minimum atomic E-state index is -3.14. The van der Waals surface area contributed by atoms with E-state index in [1.54, 1.807) is 0 Å². The maximum atomic E-state index is 13.7. The number of methoxy groups -OCH3 is 2. The van der Waals surface area contributed by atoms with Gasteiger partial charge in [0.2, 0.25) is 0 Å². The Hall–Kier alpha value is -1.89. The zero-order valence-corrected chi connectivity index (χ0v) is 12.2. The molecule has 0 spiro atoms. The lowest BCUT2D eigenvalue weighted by atomic mass is 9.97. The van der Waals surface area contributed by atoms with Gasteiger partial charge in [0.15, 0.2) is 11.5 Å². The third kappa shape index (κ3) is 4.29. The second-order valence-corrected chi connectivity index (χ2v) is 4.73. The highest BCUT2D eigenvalue weighted by molar-refractivity contribution is 5.66. The van der Waals surface area contributed by atoms with Crippen molar-refractivity contribution in [2.75, 3.05) is 14.2 Å². The monoisotopic (exact) mass is 303 g/mol. The maximum absolute atomic E-state index is 13.7. The normalized spacial score (nSPS) is 12.9. The third-order valence-electron chi connectivity index (χ3n) is 3.07. The predicted octanol–water partition coefficient (Wildman–Crippen LogP) is 2.68. The lowest BCUT2D eigenvalue weighted by Gasteiger charge is -2.21. The summed E-state index contributed by atoms with van der Waals surface area (Å²) in [6, 6.07) is 2.04. The number of hydrogen-bond acceptors (Lipinski definition) is 4. The molecular formula is C14H19F2NO4. The molecule has 1 unspecified atom stereocenters. The Morgan fingerprint density at radius 2 is 2.00 bits per heavy atom. The van der Waals surface area contributed by atoms with Crippen LogP contribution in [0.3, 0.4) is 0 Å². The second kappa shape index (κ2) is 6.71. The van der Waals surface area contributed by atoms with Gasteiger partial charge in [-0.3, -0.25) is 4.79 Å². The van der Waals surface area contributed by atoms with Crippen LogP contribution in [0.2, 0.25) is 0 Å². The Kier molecular flexibility index (Phi) is 5.48. The number of ether oxygens (including phenoxy) is 2. The van der Waals surface area contributed by atoms with Crippen molar-refractivity contribution in [2.24, 2.45) is 5.73 Å². The first-order chi connectivity index (χ1) is 9.70. The molecule has 7 heteroatoms. The number of rotatable bonds is 7. The average molecular weight is 303 g/mol. The molecule has 21 heavy (non-hydrogen) atoms. The Morgan fingerprint density at radius 3 is 2.43 bits per heavy atom. The Balaban J connectivity index is 3.26. The van der Waals surface area contributed by atoms with Gasteiger partial charge in [0, 0.05) is 19.4 Å². The number of carboxylic acid groups (broad SMARTS) is 1. The summed E-state index contributed by atoms with van der Waals surface area (Å²) in [7, 11) is 2.61. The summed E-state index contributed by atoms with van der Waals surface area (Å²) in [6.45, 7) is 0.747. The molecule has 1 aromatic rings. The highest BCUT2D eigenvalue weighted by atomic mass is 19.3. The van der Waals surface area contributed by atoms with Crippen molar-refractivity contribution in [1.82, 2.24) is 0 Å². The van der Waals surface area contributed by atoms with Crippen LogP contribution < -0.4 is 15.2 Å². The molecule has 0 bridgehead atoms. The fraction of sp³-hybridized carbons (Fsp3) is 0.500. The van der Waals surface area contributed by atoms with Gasteiger partial charge in [0.25, 0.3) is 5.92 Å². The fourth-order valence-electron chi connectivity index (χ4n) is 1.97. The van der Waals surface area contributed by atoms with Gasteiger partial charge in [-0.05, 0) is 24.1 Å². The number of hydrogen-bond donors (Lipinski definition) is 2. The van der Waals surface area contributed by atoms with Crippen molar-refractivity contribution in [3.8, 4) is 11.5 Å². The van der Waals surface area contributed by atoms with Gasteiger partial charge in [0.05, 0.1) is 19.8 Å². The summed E-state index contributed by atoms with van der Waals surface area (Å²) in [5, 5.41) is 8.66. The lowest BCUT2D eigenvalue weighted by Crippen LogP contribution is -2.16. The van der Waals surface area contributed by atoms with Crippen molar-refractivity contribution in [3.63, 3.8) is 0 Å². The van der Waals surface area contributed by atoms with E-state index in [2.05, 4.69) is 0 Å². The van der Waals surface area contributed by atoms with Crippen LogP contribution >= 0.6 is 0 Å². The van der Waals surface area contributed by atoms with Gasteiger partial charge in [-0.2, -0.15) is 0 Å². The van der Waals surface area contributed by atoms with Crippen molar-refractivity contribution in [2.45, 2.75) is 31.7 Å². The van der Waals surface area contributed by atoms with E-state index in [4.69, 9.17) is 20.3 Å². The molecule has 0 fully saturated rings. The van der Waals surface area contributed by atoms with Crippen molar-refractivity contribution in [1.29, 1.82) is 0 Å². The molecule has 1 aromatic carbocycles. The second-order valence-electron chi connectivity index (χ2n) is 4.73. The first-order valence-corrected chi connectivity index (χ1v) is 6.32. The fourth-order valence-corrected chi connectivity index (χ4v) is 1.97. The molecule has 0 radical (unpaired) electrons. The number of benzene rings is 1. The highest BCUT2D eigenvalue weighted by Crippen LogP contribution is 2.42. The molecule has 0 amide bonds. The number of aliphatic carboxylic acids is 1. The summed E-state index contributed by atoms with van der Waals surface area (Å²) >= 11 is 0. The van der Waals surface area contributed by atoms with Gasteiger partial charge in [-0.1, -0.05) is 0 Å². The van der Waals surface area contributed by atoms with Gasteiger partial charge in [0.1, 0.15) is 0 Å². The average Bonchev–Trinajstić information content (AvgIpc) is 2.41. The molecular weight excluding hydrogens is 284 g/mol. The zero-order chi connectivity index (χ0) is 16.2. The number of carbonyl (C=O) groups is 1. The van der Waals surface area contributed by atoms with Crippen LogP contribution in [0, 0.1) is 0 Å². The van der Waals surface area contributed by atoms with Crippen LogP contribution in [-0.2, 0) is 10.7 Å². The number of alkyl halides is 2. The lowest BCUT2D eigenvalue weighted by molar-refractivity contribution is -0.137. The van der Waals surface area contributed by atoms with Crippen LogP contribution in [0.4, 0.5) is 8.78 Å². The van der Waals surface area contributed by atoms with Crippen LogP contribution in [-0.4, -0.2) is 25.3 Å². The topological polar surface area (TPSA) is 81.8 Å². The molecule has 0 aliphatic heterocycles. The van der Waals surface area contributed by atoms with E-state index < -0.39 is 17.9 Å². The minimum Gasteiger partial charge on any atom is -0.493 e. The molecule has 0 saturated carbocycles. The molecule has 0 aliphatic rings. The van der Waals surface area contributed by atoms with E-state index in [0.717, 1.165) is 6.92 Å². The summed E-state index contributed by atoms with van der Waals surface area (Å²) in [6.07, 6.45) is -0.00704. The summed E-state index contributed by atoms with van der Waals surface area (Å²) in [5.74, 6) is -4.05. The Bertz CT molecular complexity index is 514. The van der Waals surface area contributed by atoms with E-state index >= 15 is 0 Å². The first kappa shape index (κ1) is 17.2. The van der Waals surface area contributed by atoms with E-state index in [9.17, 15) is 13.6 Å². The van der Waals surface area contributed by atoms with E-state index in [1.807, 2.05) is 0 Å². The number of carboxylic acids is 1. The predicted molar refractivity (Wildman–Crippen MR) is 72.9 cm³/mol. The standard InChI is InChI=1S/C14H19F2NO4/c1-14(15,16)9-6-8(10(17)4-5-12(18)19)7-11(20-2)13(9)21-3/h6-7,10H,4-5,17H2,1-3H3,(H,18,19).